The van der Waals surface area contributed by atoms with Crippen molar-refractivity contribution < 1.29 is 9.53 Å². The van der Waals surface area contributed by atoms with Gasteiger partial charge >= 0.3 is 0 Å². The lowest BCUT2D eigenvalue weighted by atomic mass is 10.3. The molecule has 1 atom stereocenters. The first-order valence-electron chi connectivity index (χ1n) is 7.83. The molecule has 0 bridgehead atoms. The minimum atomic E-state index is -0.682. The third-order valence-corrected chi connectivity index (χ3v) is 6.34. The average Bonchev–Trinajstić information content (AvgIpc) is 3.24. The standard InChI is InChI=1S/C18H16Cl2N2O2S2/c1-10-16(26-18(22-10)15-4-3-7-25-15)9-21-17(23)11(2)24-14-6-5-12(19)8-13(14)20/h3-8,11H,9H2,1-2H3,(H,21,23). The van der Waals surface area contributed by atoms with Gasteiger partial charge in [-0.15, -0.1) is 22.7 Å². The predicted molar refractivity (Wildman–Crippen MR) is 109 cm³/mol. The van der Waals surface area contributed by atoms with Gasteiger partial charge in [-0.1, -0.05) is 29.3 Å². The van der Waals surface area contributed by atoms with Crippen molar-refractivity contribution in [2.24, 2.45) is 0 Å². The van der Waals surface area contributed by atoms with Crippen LogP contribution in [0.5, 0.6) is 5.75 Å². The third-order valence-electron chi connectivity index (χ3n) is 3.61. The summed E-state index contributed by atoms with van der Waals surface area (Å²) in [4.78, 5) is 19.1. The van der Waals surface area contributed by atoms with Crippen LogP contribution in [-0.4, -0.2) is 17.0 Å². The van der Waals surface area contributed by atoms with Crippen LogP contribution in [0, 0.1) is 6.92 Å². The number of thiophene rings is 1. The van der Waals surface area contributed by atoms with E-state index in [1.54, 1.807) is 47.8 Å². The molecule has 136 valence electrons. The van der Waals surface area contributed by atoms with Crippen molar-refractivity contribution in [3.05, 3.63) is 56.3 Å². The van der Waals surface area contributed by atoms with E-state index >= 15 is 0 Å². The molecule has 0 saturated carbocycles. The molecule has 2 aromatic heterocycles. The highest BCUT2D eigenvalue weighted by molar-refractivity contribution is 7.21. The van der Waals surface area contributed by atoms with Gasteiger partial charge in [0.15, 0.2) is 6.10 Å². The zero-order chi connectivity index (χ0) is 18.7. The number of halogens is 2. The summed E-state index contributed by atoms with van der Waals surface area (Å²) in [7, 11) is 0. The molecule has 1 unspecified atom stereocenters. The van der Waals surface area contributed by atoms with E-state index in [1.165, 1.54) is 0 Å². The second kappa shape index (κ2) is 8.39. The van der Waals surface area contributed by atoms with Crippen molar-refractivity contribution in [3.63, 3.8) is 0 Å². The first kappa shape index (κ1) is 19.2. The highest BCUT2D eigenvalue weighted by atomic mass is 35.5. The zero-order valence-corrected chi connectivity index (χ0v) is 17.2. The van der Waals surface area contributed by atoms with Crippen molar-refractivity contribution in [3.8, 4) is 15.6 Å². The highest BCUT2D eigenvalue weighted by Gasteiger charge is 2.17. The van der Waals surface area contributed by atoms with Crippen LogP contribution in [0.4, 0.5) is 0 Å². The normalized spacial score (nSPS) is 12.0. The Labute approximate surface area is 169 Å². The minimum absolute atomic E-state index is 0.221. The van der Waals surface area contributed by atoms with Crippen molar-refractivity contribution in [2.45, 2.75) is 26.5 Å². The molecule has 3 aromatic rings. The molecule has 0 radical (unpaired) electrons. The van der Waals surface area contributed by atoms with Crippen LogP contribution in [0.1, 0.15) is 17.5 Å². The van der Waals surface area contributed by atoms with Crippen LogP contribution in [0.25, 0.3) is 9.88 Å². The molecule has 0 aliphatic rings. The van der Waals surface area contributed by atoms with E-state index in [1.807, 2.05) is 24.4 Å². The Morgan fingerprint density at radius 2 is 2.15 bits per heavy atom. The molecule has 0 fully saturated rings. The van der Waals surface area contributed by atoms with E-state index in [2.05, 4.69) is 10.3 Å². The second-order valence-corrected chi connectivity index (χ2v) is 8.43. The van der Waals surface area contributed by atoms with E-state index in [-0.39, 0.29) is 5.91 Å². The maximum absolute atomic E-state index is 12.3. The summed E-state index contributed by atoms with van der Waals surface area (Å²) in [5.74, 6) is 0.203. The molecule has 0 spiro atoms. The number of hydrogen-bond donors (Lipinski definition) is 1. The van der Waals surface area contributed by atoms with Gasteiger partial charge in [-0.2, -0.15) is 0 Å². The van der Waals surface area contributed by atoms with Gasteiger partial charge < -0.3 is 10.1 Å². The lowest BCUT2D eigenvalue weighted by molar-refractivity contribution is -0.127. The molecule has 0 saturated heterocycles. The van der Waals surface area contributed by atoms with Gasteiger partial charge in [0.2, 0.25) is 0 Å². The number of nitrogens with one attached hydrogen (secondary N) is 1. The molecular weight excluding hydrogens is 411 g/mol. The van der Waals surface area contributed by atoms with Crippen LogP contribution in [0.3, 0.4) is 0 Å². The molecular formula is C18H16Cl2N2O2S2. The average molecular weight is 427 g/mol. The number of carbonyl (C=O) groups excluding carboxylic acids is 1. The number of rotatable bonds is 6. The van der Waals surface area contributed by atoms with Crippen molar-refractivity contribution in [2.75, 3.05) is 0 Å². The molecule has 2 heterocycles. The lowest BCUT2D eigenvalue weighted by Gasteiger charge is -2.15. The summed E-state index contributed by atoms with van der Waals surface area (Å²) >= 11 is 15.2. The van der Waals surface area contributed by atoms with Gasteiger partial charge in [0.05, 0.1) is 22.1 Å². The van der Waals surface area contributed by atoms with Crippen molar-refractivity contribution in [1.82, 2.24) is 10.3 Å². The summed E-state index contributed by atoms with van der Waals surface area (Å²) in [6, 6.07) is 8.93. The van der Waals surface area contributed by atoms with Gasteiger partial charge in [0, 0.05) is 9.90 Å². The Morgan fingerprint density at radius 1 is 1.35 bits per heavy atom. The molecule has 8 heteroatoms. The quantitative estimate of drug-likeness (QED) is 0.560. The fourth-order valence-corrected chi connectivity index (χ4v) is 4.48. The molecule has 1 aromatic carbocycles. The maximum atomic E-state index is 12.3. The molecule has 0 aliphatic carbocycles. The Kier molecular flexibility index (Phi) is 6.19. The third kappa shape index (κ3) is 4.57. The van der Waals surface area contributed by atoms with Crippen LogP contribution in [0.2, 0.25) is 10.0 Å². The smallest absolute Gasteiger partial charge is 0.261 e. The van der Waals surface area contributed by atoms with E-state index < -0.39 is 6.10 Å². The predicted octanol–water partition coefficient (Wildman–Crippen LogP) is 5.57. The lowest BCUT2D eigenvalue weighted by Crippen LogP contribution is -2.35. The number of benzene rings is 1. The SMILES string of the molecule is Cc1nc(-c2cccs2)sc1CNC(=O)C(C)Oc1ccc(Cl)cc1Cl. The summed E-state index contributed by atoms with van der Waals surface area (Å²) in [6.07, 6.45) is -0.682. The first-order valence-corrected chi connectivity index (χ1v) is 10.3. The number of thiazole rings is 1. The number of nitrogens with zero attached hydrogens (tertiary/aromatic N) is 1. The molecule has 0 aliphatic heterocycles. The first-order chi connectivity index (χ1) is 12.4. The molecule has 3 rings (SSSR count). The Bertz CT molecular complexity index is 910. The van der Waals surface area contributed by atoms with Crippen molar-refractivity contribution >= 4 is 51.8 Å². The number of hydrogen-bond acceptors (Lipinski definition) is 5. The van der Waals surface area contributed by atoms with E-state index in [0.29, 0.717) is 22.3 Å². The van der Waals surface area contributed by atoms with E-state index in [0.717, 1.165) is 20.5 Å². The number of aryl methyl sites for hydroxylation is 1. The second-order valence-electron chi connectivity index (χ2n) is 5.56. The highest BCUT2D eigenvalue weighted by Crippen LogP contribution is 2.31. The molecule has 1 amide bonds. The van der Waals surface area contributed by atoms with Crippen LogP contribution in [0.15, 0.2) is 35.7 Å². The molecule has 1 N–H and O–H groups in total. The fraction of sp³-hybridized carbons (Fsp3) is 0.222. The van der Waals surface area contributed by atoms with Crippen LogP contribution < -0.4 is 10.1 Å². The fourth-order valence-electron chi connectivity index (χ4n) is 2.22. The number of ether oxygens (including phenoxy) is 1. The zero-order valence-electron chi connectivity index (χ0n) is 14.1. The minimum Gasteiger partial charge on any atom is -0.479 e. The van der Waals surface area contributed by atoms with Gasteiger partial charge in [0.1, 0.15) is 10.8 Å². The maximum Gasteiger partial charge on any atom is 0.261 e. The summed E-state index contributed by atoms with van der Waals surface area (Å²) < 4.78 is 5.63. The number of carbonyl (C=O) groups is 1. The summed E-state index contributed by atoms with van der Waals surface area (Å²) in [5.41, 5.74) is 0.924. The summed E-state index contributed by atoms with van der Waals surface area (Å²) in [5, 5.41) is 6.77. The summed E-state index contributed by atoms with van der Waals surface area (Å²) in [6.45, 7) is 4.04. The van der Waals surface area contributed by atoms with E-state index in [4.69, 9.17) is 27.9 Å². The van der Waals surface area contributed by atoms with Crippen LogP contribution in [-0.2, 0) is 11.3 Å². The Balaban J connectivity index is 1.60. The molecule has 4 nitrogen and oxygen atoms in total. The molecule has 26 heavy (non-hydrogen) atoms. The topological polar surface area (TPSA) is 51.2 Å². The van der Waals surface area contributed by atoms with E-state index in [9.17, 15) is 4.79 Å². The van der Waals surface area contributed by atoms with Crippen molar-refractivity contribution in [1.29, 1.82) is 0 Å². The Morgan fingerprint density at radius 3 is 2.85 bits per heavy atom. The monoisotopic (exact) mass is 426 g/mol. The number of amides is 1. The Hall–Kier alpha value is -1.60. The van der Waals surface area contributed by atoms with Gasteiger partial charge in [-0.25, -0.2) is 4.98 Å². The van der Waals surface area contributed by atoms with Gasteiger partial charge in [0.25, 0.3) is 5.91 Å². The van der Waals surface area contributed by atoms with Gasteiger partial charge in [-0.3, -0.25) is 4.79 Å². The van der Waals surface area contributed by atoms with Gasteiger partial charge in [-0.05, 0) is 43.5 Å². The van der Waals surface area contributed by atoms with Crippen LogP contribution >= 0.6 is 45.9 Å². The largest absolute Gasteiger partial charge is 0.479 e. The number of aromatic nitrogens is 1.